The molecule has 0 fully saturated rings. The summed E-state index contributed by atoms with van der Waals surface area (Å²) in [5, 5.41) is 8.96. The maximum Gasteiger partial charge on any atom is 0.0433 e. The van der Waals surface area contributed by atoms with Crippen LogP contribution in [0.1, 0.15) is 125 Å². The Hall–Kier alpha value is -0.0400. The average molecular weight is 369 g/mol. The second-order valence-corrected chi connectivity index (χ2v) is 10.1. The topological polar surface area (TPSA) is 20.2 Å². The van der Waals surface area contributed by atoms with Crippen LogP contribution in [0.5, 0.6) is 0 Å². The molecule has 0 saturated carbocycles. The first-order valence-electron chi connectivity index (χ1n) is 12.0. The van der Waals surface area contributed by atoms with Gasteiger partial charge >= 0.3 is 0 Å². The molecule has 0 rings (SSSR count). The van der Waals surface area contributed by atoms with Gasteiger partial charge in [0.15, 0.2) is 0 Å². The Bertz CT molecular complexity index is 286. The van der Waals surface area contributed by atoms with E-state index in [1.807, 2.05) is 0 Å². The predicted octanol–water partition coefficient (Wildman–Crippen LogP) is 8.25. The molecule has 26 heavy (non-hydrogen) atoms. The van der Waals surface area contributed by atoms with Crippen molar-refractivity contribution in [2.75, 3.05) is 6.61 Å². The van der Waals surface area contributed by atoms with Crippen LogP contribution in [0.25, 0.3) is 0 Å². The second kappa shape index (κ2) is 17.1. The Morgan fingerprint density at radius 2 is 0.692 bits per heavy atom. The highest BCUT2D eigenvalue weighted by molar-refractivity contribution is 4.62. The van der Waals surface area contributed by atoms with Crippen molar-refractivity contribution in [3.05, 3.63) is 0 Å². The van der Waals surface area contributed by atoms with Gasteiger partial charge in [-0.15, -0.1) is 0 Å². The molecule has 0 amide bonds. The SMILES string of the molecule is CC(C)CCCC(C)CCCC(C)CCCC(C)CCCC(C)CCO. The highest BCUT2D eigenvalue weighted by Gasteiger charge is 2.09. The van der Waals surface area contributed by atoms with Gasteiger partial charge in [0.1, 0.15) is 0 Å². The van der Waals surface area contributed by atoms with Gasteiger partial charge in [0.25, 0.3) is 0 Å². The Labute approximate surface area is 166 Å². The van der Waals surface area contributed by atoms with Crippen molar-refractivity contribution < 1.29 is 5.11 Å². The average Bonchev–Trinajstić information content (AvgIpc) is 2.54. The molecule has 0 spiro atoms. The molecule has 0 saturated heterocycles. The van der Waals surface area contributed by atoms with E-state index < -0.39 is 0 Å². The molecule has 0 aromatic heterocycles. The lowest BCUT2D eigenvalue weighted by atomic mass is 9.90. The van der Waals surface area contributed by atoms with E-state index in [2.05, 4.69) is 41.5 Å². The maximum absolute atomic E-state index is 8.96. The van der Waals surface area contributed by atoms with Crippen molar-refractivity contribution in [2.45, 2.75) is 125 Å². The molecule has 0 aliphatic rings. The van der Waals surface area contributed by atoms with Crippen molar-refractivity contribution in [3.63, 3.8) is 0 Å². The molecular formula is C25H52O. The van der Waals surface area contributed by atoms with E-state index in [9.17, 15) is 0 Å². The lowest BCUT2D eigenvalue weighted by molar-refractivity contribution is 0.255. The van der Waals surface area contributed by atoms with Crippen LogP contribution in [0.3, 0.4) is 0 Å². The number of aliphatic hydroxyl groups excluding tert-OH is 1. The van der Waals surface area contributed by atoms with Crippen molar-refractivity contribution in [1.29, 1.82) is 0 Å². The molecule has 0 aromatic carbocycles. The van der Waals surface area contributed by atoms with E-state index in [0.717, 1.165) is 30.1 Å². The van der Waals surface area contributed by atoms with Gasteiger partial charge in [0.05, 0.1) is 0 Å². The van der Waals surface area contributed by atoms with Gasteiger partial charge in [-0.25, -0.2) is 0 Å². The smallest absolute Gasteiger partial charge is 0.0433 e. The summed E-state index contributed by atoms with van der Waals surface area (Å²) in [5.74, 6) is 4.28. The maximum atomic E-state index is 8.96. The molecule has 0 heterocycles. The van der Waals surface area contributed by atoms with Gasteiger partial charge < -0.3 is 5.11 Å². The Morgan fingerprint density at radius 1 is 0.423 bits per heavy atom. The number of aliphatic hydroxyl groups is 1. The first kappa shape index (κ1) is 26.0. The summed E-state index contributed by atoms with van der Waals surface area (Å²) >= 11 is 0. The summed E-state index contributed by atoms with van der Waals surface area (Å²) < 4.78 is 0. The summed E-state index contributed by atoms with van der Waals surface area (Å²) in [6, 6.07) is 0. The summed E-state index contributed by atoms with van der Waals surface area (Å²) in [5.41, 5.74) is 0. The third kappa shape index (κ3) is 17.4. The largest absolute Gasteiger partial charge is 0.396 e. The van der Waals surface area contributed by atoms with Crippen LogP contribution in [0, 0.1) is 29.6 Å². The van der Waals surface area contributed by atoms with Crippen LogP contribution in [0.4, 0.5) is 0 Å². The first-order chi connectivity index (χ1) is 12.3. The highest BCUT2D eigenvalue weighted by atomic mass is 16.3. The molecular weight excluding hydrogens is 316 g/mol. The molecule has 0 aromatic rings. The molecule has 1 heteroatoms. The van der Waals surface area contributed by atoms with E-state index in [4.69, 9.17) is 5.11 Å². The van der Waals surface area contributed by atoms with E-state index >= 15 is 0 Å². The summed E-state index contributed by atoms with van der Waals surface area (Å²) in [6.45, 7) is 14.6. The lowest BCUT2D eigenvalue weighted by Crippen LogP contribution is -2.02. The highest BCUT2D eigenvalue weighted by Crippen LogP contribution is 2.23. The molecule has 0 radical (unpaired) electrons. The zero-order chi connectivity index (χ0) is 19.8. The van der Waals surface area contributed by atoms with Gasteiger partial charge in [-0.05, 0) is 36.0 Å². The van der Waals surface area contributed by atoms with Crippen LogP contribution in [0.2, 0.25) is 0 Å². The van der Waals surface area contributed by atoms with Gasteiger partial charge in [-0.3, -0.25) is 0 Å². The fourth-order valence-electron chi connectivity index (χ4n) is 4.12. The summed E-state index contributed by atoms with van der Waals surface area (Å²) in [7, 11) is 0. The van der Waals surface area contributed by atoms with E-state index in [-0.39, 0.29) is 0 Å². The van der Waals surface area contributed by atoms with E-state index in [1.165, 1.54) is 77.0 Å². The van der Waals surface area contributed by atoms with Gasteiger partial charge in [-0.2, -0.15) is 0 Å². The molecule has 0 aliphatic carbocycles. The van der Waals surface area contributed by atoms with Crippen LogP contribution in [-0.4, -0.2) is 11.7 Å². The molecule has 4 atom stereocenters. The Morgan fingerprint density at radius 3 is 0.962 bits per heavy atom. The number of rotatable bonds is 18. The Balaban J connectivity index is 3.53. The minimum Gasteiger partial charge on any atom is -0.396 e. The normalized spacial score (nSPS) is 16.6. The van der Waals surface area contributed by atoms with Crippen LogP contribution >= 0.6 is 0 Å². The summed E-state index contributed by atoms with van der Waals surface area (Å²) in [6.07, 6.45) is 17.8. The van der Waals surface area contributed by atoms with E-state index in [0.29, 0.717) is 12.5 Å². The zero-order valence-electron chi connectivity index (χ0n) is 19.2. The lowest BCUT2D eigenvalue weighted by Gasteiger charge is -2.17. The van der Waals surface area contributed by atoms with Crippen molar-refractivity contribution in [3.8, 4) is 0 Å². The molecule has 158 valence electrons. The molecule has 1 nitrogen and oxygen atoms in total. The molecule has 0 bridgehead atoms. The number of hydrogen-bond donors (Lipinski definition) is 1. The minimum absolute atomic E-state index is 0.353. The first-order valence-corrected chi connectivity index (χ1v) is 12.0. The van der Waals surface area contributed by atoms with Gasteiger partial charge in [-0.1, -0.05) is 119 Å². The third-order valence-corrected chi connectivity index (χ3v) is 6.28. The molecule has 4 unspecified atom stereocenters. The van der Waals surface area contributed by atoms with Crippen LogP contribution in [-0.2, 0) is 0 Å². The van der Waals surface area contributed by atoms with Crippen LogP contribution in [0.15, 0.2) is 0 Å². The monoisotopic (exact) mass is 368 g/mol. The van der Waals surface area contributed by atoms with Crippen molar-refractivity contribution in [1.82, 2.24) is 0 Å². The van der Waals surface area contributed by atoms with Crippen molar-refractivity contribution >= 4 is 0 Å². The van der Waals surface area contributed by atoms with Gasteiger partial charge in [0, 0.05) is 6.61 Å². The molecule has 0 aliphatic heterocycles. The van der Waals surface area contributed by atoms with E-state index in [1.54, 1.807) is 0 Å². The Kier molecular flexibility index (Phi) is 17.1. The zero-order valence-corrected chi connectivity index (χ0v) is 19.2. The standard InChI is InChI=1S/C25H52O/c1-21(2)11-7-12-22(3)13-8-14-23(4)15-9-16-24(5)17-10-18-25(6)19-20-26/h21-26H,7-20H2,1-6H3. The van der Waals surface area contributed by atoms with Gasteiger partial charge in [0.2, 0.25) is 0 Å². The third-order valence-electron chi connectivity index (χ3n) is 6.28. The summed E-state index contributed by atoms with van der Waals surface area (Å²) in [4.78, 5) is 0. The van der Waals surface area contributed by atoms with Crippen molar-refractivity contribution in [2.24, 2.45) is 29.6 Å². The fraction of sp³-hybridized carbons (Fsp3) is 1.00. The minimum atomic E-state index is 0.353. The number of hydrogen-bond acceptors (Lipinski definition) is 1. The molecule has 1 N–H and O–H groups in total. The van der Waals surface area contributed by atoms with Crippen LogP contribution < -0.4 is 0 Å². The quantitative estimate of drug-likeness (QED) is 0.258. The predicted molar refractivity (Wildman–Crippen MR) is 119 cm³/mol. The second-order valence-electron chi connectivity index (χ2n) is 10.1. The fourth-order valence-corrected chi connectivity index (χ4v) is 4.12.